The number of rotatable bonds is 5. The van der Waals surface area contributed by atoms with Crippen LogP contribution < -0.4 is 11.1 Å². The van der Waals surface area contributed by atoms with Gasteiger partial charge in [0.15, 0.2) is 0 Å². The molecule has 3 rings (SSSR count). The molecule has 1 aliphatic heterocycles. The van der Waals surface area contributed by atoms with E-state index < -0.39 is 11.9 Å². The molecular formula is C17H22N6O3. The highest BCUT2D eigenvalue weighted by molar-refractivity contribution is 5.70. The monoisotopic (exact) mass is 358 g/mol. The van der Waals surface area contributed by atoms with Gasteiger partial charge >= 0.3 is 5.97 Å². The third-order valence-electron chi connectivity index (χ3n) is 4.04. The number of aromatic nitrogens is 3. The molecule has 2 heterocycles. The first-order valence-corrected chi connectivity index (χ1v) is 8.36. The van der Waals surface area contributed by atoms with Crippen molar-refractivity contribution in [1.29, 1.82) is 0 Å². The van der Waals surface area contributed by atoms with Crippen molar-refractivity contribution in [2.24, 2.45) is 5.92 Å². The second kappa shape index (κ2) is 8.07. The predicted molar refractivity (Wildman–Crippen MR) is 95.9 cm³/mol. The molecule has 0 spiro atoms. The Morgan fingerprint density at radius 1 is 1.42 bits per heavy atom. The van der Waals surface area contributed by atoms with E-state index in [0.717, 1.165) is 11.3 Å². The average Bonchev–Trinajstić information content (AvgIpc) is 2.80. The molecule has 0 radical (unpaired) electrons. The molecule has 1 aliphatic rings. The molecule has 9 heteroatoms. The molecule has 138 valence electrons. The Kier molecular flexibility index (Phi) is 5.59. The van der Waals surface area contributed by atoms with Gasteiger partial charge in [-0.15, -0.1) is 0 Å². The Bertz CT molecular complexity index is 785. The smallest absolute Gasteiger partial charge is 0.310 e. The van der Waals surface area contributed by atoms with Crippen molar-refractivity contribution in [3.8, 4) is 0 Å². The van der Waals surface area contributed by atoms with Gasteiger partial charge in [0, 0.05) is 18.8 Å². The van der Waals surface area contributed by atoms with E-state index in [2.05, 4.69) is 20.3 Å². The second-order valence-corrected chi connectivity index (χ2v) is 6.27. The third-order valence-corrected chi connectivity index (χ3v) is 4.04. The van der Waals surface area contributed by atoms with Crippen LogP contribution in [0.1, 0.15) is 11.4 Å². The minimum atomic E-state index is -0.867. The van der Waals surface area contributed by atoms with Crippen molar-refractivity contribution < 1.29 is 14.6 Å². The average molecular weight is 358 g/mol. The van der Waals surface area contributed by atoms with E-state index in [4.69, 9.17) is 10.5 Å². The van der Waals surface area contributed by atoms with Gasteiger partial charge in [-0.2, -0.15) is 15.0 Å². The summed E-state index contributed by atoms with van der Waals surface area (Å²) in [7, 11) is 0. The molecule has 0 bridgehead atoms. The van der Waals surface area contributed by atoms with Gasteiger partial charge in [0.05, 0.1) is 25.7 Å². The maximum atomic E-state index is 11.3. The molecule has 26 heavy (non-hydrogen) atoms. The van der Waals surface area contributed by atoms with Crippen molar-refractivity contribution in [1.82, 2.24) is 19.9 Å². The highest BCUT2D eigenvalue weighted by Gasteiger charge is 2.25. The molecule has 1 aromatic heterocycles. The minimum absolute atomic E-state index is 0.117. The van der Waals surface area contributed by atoms with Crippen molar-refractivity contribution in [3.63, 3.8) is 0 Å². The Labute approximate surface area is 151 Å². The van der Waals surface area contributed by atoms with E-state index in [0.29, 0.717) is 38.0 Å². The zero-order valence-electron chi connectivity index (χ0n) is 14.6. The number of carbonyl (C=O) groups is 1. The lowest BCUT2D eigenvalue weighted by atomic mass is 10.1. The molecule has 4 N–H and O–H groups in total. The molecule has 0 amide bonds. The van der Waals surface area contributed by atoms with Crippen LogP contribution >= 0.6 is 0 Å². The van der Waals surface area contributed by atoms with E-state index in [1.165, 1.54) is 0 Å². The van der Waals surface area contributed by atoms with Gasteiger partial charge in [-0.05, 0) is 24.6 Å². The largest absolute Gasteiger partial charge is 0.481 e. The number of aliphatic carboxylic acids is 1. The van der Waals surface area contributed by atoms with Crippen LogP contribution in [0.2, 0.25) is 0 Å². The Balaban J connectivity index is 1.73. The number of carboxylic acid groups (broad SMARTS) is 1. The normalized spacial score (nSPS) is 18.3. The zero-order valence-corrected chi connectivity index (χ0v) is 14.6. The van der Waals surface area contributed by atoms with Crippen LogP contribution in [-0.4, -0.2) is 57.2 Å². The number of nitrogens with one attached hydrogen (secondary N) is 1. The highest BCUT2D eigenvalue weighted by Crippen LogP contribution is 2.16. The van der Waals surface area contributed by atoms with Crippen LogP contribution in [0.5, 0.6) is 0 Å². The fourth-order valence-electron chi connectivity index (χ4n) is 2.78. The number of hydrogen-bond acceptors (Lipinski definition) is 8. The first-order valence-electron chi connectivity index (χ1n) is 8.36. The number of nitrogens with two attached hydrogens (primary N) is 1. The minimum Gasteiger partial charge on any atom is -0.481 e. The summed E-state index contributed by atoms with van der Waals surface area (Å²) < 4.78 is 5.36. The van der Waals surface area contributed by atoms with E-state index in [1.807, 2.05) is 36.1 Å². The van der Waals surface area contributed by atoms with Crippen molar-refractivity contribution in [2.45, 2.75) is 13.5 Å². The lowest BCUT2D eigenvalue weighted by molar-refractivity contribution is -0.143. The second-order valence-electron chi connectivity index (χ2n) is 6.27. The third kappa shape index (κ3) is 4.87. The van der Waals surface area contributed by atoms with Crippen LogP contribution in [0.15, 0.2) is 24.3 Å². The van der Waals surface area contributed by atoms with E-state index >= 15 is 0 Å². The maximum absolute atomic E-state index is 11.3. The summed E-state index contributed by atoms with van der Waals surface area (Å²) in [5.74, 6) is -0.473. The Morgan fingerprint density at radius 2 is 2.27 bits per heavy atom. The first kappa shape index (κ1) is 18.0. The number of nitrogen functional groups attached to an aromatic ring is 1. The van der Waals surface area contributed by atoms with Crippen LogP contribution in [0.25, 0.3) is 0 Å². The van der Waals surface area contributed by atoms with E-state index in [-0.39, 0.29) is 12.6 Å². The maximum Gasteiger partial charge on any atom is 0.310 e. The first-order chi connectivity index (χ1) is 12.5. The summed E-state index contributed by atoms with van der Waals surface area (Å²) in [6.45, 7) is 4.04. The zero-order chi connectivity index (χ0) is 18.5. The van der Waals surface area contributed by atoms with Crippen LogP contribution in [0.4, 0.5) is 17.6 Å². The standard InChI is InChI=1S/C17H22N6O3/c1-11-3-2-4-13(7-11)19-17-21-14(20-16(18)22-17)9-23-5-6-26-10-12(8-23)15(24)25/h2-4,7,12H,5-6,8-10H2,1H3,(H,24,25)(H3,18,19,20,21,22). The molecule has 0 aliphatic carbocycles. The van der Waals surface area contributed by atoms with Crippen LogP contribution in [0.3, 0.4) is 0 Å². The quantitative estimate of drug-likeness (QED) is 0.718. The lowest BCUT2D eigenvalue weighted by Crippen LogP contribution is -2.33. The number of carboxylic acids is 1. The lowest BCUT2D eigenvalue weighted by Gasteiger charge is -2.20. The number of benzene rings is 1. The molecule has 1 unspecified atom stereocenters. The number of ether oxygens (including phenoxy) is 1. The van der Waals surface area contributed by atoms with Gasteiger partial charge in [0.25, 0.3) is 0 Å². The SMILES string of the molecule is Cc1cccc(Nc2nc(N)nc(CN3CCOCC(C(=O)O)C3)n2)c1. The van der Waals surface area contributed by atoms with Gasteiger partial charge in [-0.1, -0.05) is 12.1 Å². The summed E-state index contributed by atoms with van der Waals surface area (Å²) in [4.78, 5) is 25.9. The molecule has 1 atom stereocenters. The summed E-state index contributed by atoms with van der Waals surface area (Å²) in [5, 5.41) is 12.4. The number of anilines is 3. The van der Waals surface area contributed by atoms with Crippen LogP contribution in [0, 0.1) is 12.8 Å². The fraction of sp³-hybridized carbons (Fsp3) is 0.412. The van der Waals surface area contributed by atoms with Gasteiger partial charge in [-0.3, -0.25) is 9.69 Å². The summed E-state index contributed by atoms with van der Waals surface area (Å²) in [5.41, 5.74) is 7.78. The highest BCUT2D eigenvalue weighted by atomic mass is 16.5. The molecule has 9 nitrogen and oxygen atoms in total. The van der Waals surface area contributed by atoms with E-state index in [1.54, 1.807) is 0 Å². The van der Waals surface area contributed by atoms with Gasteiger partial charge < -0.3 is 20.9 Å². The summed E-state index contributed by atoms with van der Waals surface area (Å²) in [6, 6.07) is 7.82. The summed E-state index contributed by atoms with van der Waals surface area (Å²) >= 11 is 0. The van der Waals surface area contributed by atoms with E-state index in [9.17, 15) is 9.90 Å². The van der Waals surface area contributed by atoms with Crippen molar-refractivity contribution >= 4 is 23.6 Å². The van der Waals surface area contributed by atoms with Gasteiger partial charge in [0.2, 0.25) is 11.9 Å². The Morgan fingerprint density at radius 3 is 3.04 bits per heavy atom. The number of nitrogens with zero attached hydrogens (tertiary/aromatic N) is 4. The molecule has 2 aromatic rings. The molecule has 0 saturated carbocycles. The Hall–Kier alpha value is -2.78. The predicted octanol–water partition coefficient (Wildman–Crippen LogP) is 1.04. The summed E-state index contributed by atoms with van der Waals surface area (Å²) in [6.07, 6.45) is 0. The van der Waals surface area contributed by atoms with Crippen molar-refractivity contribution in [3.05, 3.63) is 35.7 Å². The molecule has 1 aromatic carbocycles. The van der Waals surface area contributed by atoms with Crippen molar-refractivity contribution in [2.75, 3.05) is 37.4 Å². The number of hydrogen-bond donors (Lipinski definition) is 3. The van der Waals surface area contributed by atoms with Gasteiger partial charge in [-0.25, -0.2) is 0 Å². The molecular weight excluding hydrogens is 336 g/mol. The molecule has 1 saturated heterocycles. The fourth-order valence-corrected chi connectivity index (χ4v) is 2.78. The van der Waals surface area contributed by atoms with Gasteiger partial charge in [0.1, 0.15) is 5.82 Å². The van der Waals surface area contributed by atoms with Crippen LogP contribution in [-0.2, 0) is 16.1 Å². The number of aryl methyl sites for hydroxylation is 1. The topological polar surface area (TPSA) is 126 Å². The molecule has 1 fully saturated rings.